The Bertz CT molecular complexity index is 388. The third-order valence-electron chi connectivity index (χ3n) is 3.58. The molecular formula is C16H28N2O. The number of hydrogen-bond donors (Lipinski definition) is 2. The average Bonchev–Trinajstić information content (AvgIpc) is 2.38. The van der Waals surface area contributed by atoms with Gasteiger partial charge in [-0.15, -0.1) is 0 Å². The number of hydrogen-bond acceptors (Lipinski definition) is 3. The Morgan fingerprint density at radius 2 is 2.00 bits per heavy atom. The van der Waals surface area contributed by atoms with Gasteiger partial charge >= 0.3 is 0 Å². The molecule has 0 atom stereocenters. The number of nitrogens with one attached hydrogen (secondary N) is 1. The summed E-state index contributed by atoms with van der Waals surface area (Å²) in [6.45, 7) is 9.28. The zero-order chi connectivity index (χ0) is 14.3. The Kier molecular flexibility index (Phi) is 6.32. The monoisotopic (exact) mass is 264 g/mol. The zero-order valence-electron chi connectivity index (χ0n) is 12.8. The summed E-state index contributed by atoms with van der Waals surface area (Å²) in [5, 5.41) is 3.49. The molecule has 0 aliphatic carbocycles. The Morgan fingerprint density at radius 1 is 1.26 bits per heavy atom. The fraction of sp³-hybridized carbons (Fsp3) is 0.625. The van der Waals surface area contributed by atoms with Crippen LogP contribution in [0.2, 0.25) is 0 Å². The molecule has 0 bridgehead atoms. The van der Waals surface area contributed by atoms with Gasteiger partial charge in [-0.25, -0.2) is 0 Å². The quantitative estimate of drug-likeness (QED) is 0.709. The van der Waals surface area contributed by atoms with E-state index in [1.807, 2.05) is 6.07 Å². The molecule has 0 saturated carbocycles. The lowest BCUT2D eigenvalue weighted by atomic mass is 9.90. The van der Waals surface area contributed by atoms with Gasteiger partial charge < -0.3 is 15.8 Å². The summed E-state index contributed by atoms with van der Waals surface area (Å²) >= 11 is 0. The molecule has 0 saturated heterocycles. The second kappa shape index (κ2) is 7.51. The van der Waals surface area contributed by atoms with Crippen molar-refractivity contribution in [2.45, 2.75) is 33.6 Å². The van der Waals surface area contributed by atoms with Crippen molar-refractivity contribution < 1.29 is 4.74 Å². The van der Waals surface area contributed by atoms with Crippen LogP contribution in [0.25, 0.3) is 0 Å². The van der Waals surface area contributed by atoms with Crippen molar-refractivity contribution in [2.75, 3.05) is 26.7 Å². The summed E-state index contributed by atoms with van der Waals surface area (Å²) in [5.74, 6) is 0.960. The maximum Gasteiger partial charge on any atom is 0.121 e. The van der Waals surface area contributed by atoms with E-state index in [1.165, 1.54) is 11.1 Å². The van der Waals surface area contributed by atoms with Crippen molar-refractivity contribution in [3.8, 4) is 5.75 Å². The largest absolute Gasteiger partial charge is 0.496 e. The third-order valence-corrected chi connectivity index (χ3v) is 3.58. The lowest BCUT2D eigenvalue weighted by Crippen LogP contribution is -2.29. The Balaban J connectivity index is 2.28. The normalized spacial score (nSPS) is 11.6. The van der Waals surface area contributed by atoms with Crippen molar-refractivity contribution in [2.24, 2.45) is 11.1 Å². The lowest BCUT2D eigenvalue weighted by molar-refractivity contribution is 0.340. The predicted molar refractivity (Wildman–Crippen MR) is 81.8 cm³/mol. The third kappa shape index (κ3) is 5.62. The minimum atomic E-state index is 0.240. The molecule has 3 N–H and O–H groups in total. The first-order valence-electron chi connectivity index (χ1n) is 7.03. The molecule has 0 aliphatic rings. The van der Waals surface area contributed by atoms with E-state index in [0.717, 1.165) is 38.2 Å². The van der Waals surface area contributed by atoms with Gasteiger partial charge in [-0.3, -0.25) is 0 Å². The summed E-state index contributed by atoms with van der Waals surface area (Å²) in [4.78, 5) is 0. The van der Waals surface area contributed by atoms with Gasteiger partial charge in [-0.05, 0) is 62.0 Å². The molecule has 1 aromatic carbocycles. The molecule has 0 radical (unpaired) electrons. The maximum atomic E-state index is 5.72. The number of ether oxygens (including phenoxy) is 1. The van der Waals surface area contributed by atoms with Crippen LogP contribution in [0.4, 0.5) is 0 Å². The number of aryl methyl sites for hydroxylation is 1. The fourth-order valence-corrected chi connectivity index (χ4v) is 1.98. The van der Waals surface area contributed by atoms with Crippen LogP contribution in [0.1, 0.15) is 31.4 Å². The molecule has 0 aliphatic heterocycles. The van der Waals surface area contributed by atoms with E-state index in [1.54, 1.807) is 7.11 Å². The molecule has 108 valence electrons. The Labute approximate surface area is 117 Å². The summed E-state index contributed by atoms with van der Waals surface area (Å²) in [6.07, 6.45) is 2.17. The van der Waals surface area contributed by atoms with E-state index in [4.69, 9.17) is 10.5 Å². The highest BCUT2D eigenvalue weighted by Gasteiger charge is 2.14. The number of benzene rings is 1. The van der Waals surface area contributed by atoms with Gasteiger partial charge in [0.05, 0.1) is 7.11 Å². The van der Waals surface area contributed by atoms with Gasteiger partial charge in [-0.2, -0.15) is 0 Å². The van der Waals surface area contributed by atoms with E-state index >= 15 is 0 Å². The first-order chi connectivity index (χ1) is 8.98. The Hall–Kier alpha value is -1.06. The van der Waals surface area contributed by atoms with Crippen LogP contribution >= 0.6 is 0 Å². The van der Waals surface area contributed by atoms with Gasteiger partial charge in [-0.1, -0.05) is 26.0 Å². The van der Waals surface area contributed by atoms with Crippen molar-refractivity contribution in [3.63, 3.8) is 0 Å². The first-order valence-corrected chi connectivity index (χ1v) is 7.03. The highest BCUT2D eigenvalue weighted by atomic mass is 16.5. The molecule has 0 fully saturated rings. The van der Waals surface area contributed by atoms with Gasteiger partial charge in [0.25, 0.3) is 0 Å². The number of nitrogens with two attached hydrogens (primary N) is 1. The first kappa shape index (κ1) is 16.0. The second-order valence-corrected chi connectivity index (χ2v) is 5.92. The molecule has 3 heteroatoms. The maximum absolute atomic E-state index is 5.72. The van der Waals surface area contributed by atoms with Crippen molar-refractivity contribution in [3.05, 3.63) is 29.3 Å². The standard InChI is InChI=1S/C16H28N2O/c1-13-11-14(5-6-15(13)19-4)7-9-18-10-8-16(2,3)12-17/h5-6,11,18H,7-10,12,17H2,1-4H3. The second-order valence-electron chi connectivity index (χ2n) is 5.92. The fourth-order valence-electron chi connectivity index (χ4n) is 1.98. The zero-order valence-corrected chi connectivity index (χ0v) is 12.8. The topological polar surface area (TPSA) is 47.3 Å². The van der Waals surface area contributed by atoms with Crippen LogP contribution in [0.3, 0.4) is 0 Å². The molecule has 0 spiro atoms. The lowest BCUT2D eigenvalue weighted by Gasteiger charge is -2.22. The smallest absolute Gasteiger partial charge is 0.121 e. The van der Waals surface area contributed by atoms with E-state index in [0.29, 0.717) is 0 Å². The van der Waals surface area contributed by atoms with Crippen molar-refractivity contribution >= 4 is 0 Å². The minimum absolute atomic E-state index is 0.240. The van der Waals surface area contributed by atoms with Gasteiger partial charge in [0.2, 0.25) is 0 Å². The Morgan fingerprint density at radius 3 is 2.58 bits per heavy atom. The van der Waals surface area contributed by atoms with E-state index in [-0.39, 0.29) is 5.41 Å². The highest BCUT2D eigenvalue weighted by Crippen LogP contribution is 2.19. The average molecular weight is 264 g/mol. The van der Waals surface area contributed by atoms with Gasteiger partial charge in [0.1, 0.15) is 5.75 Å². The summed E-state index contributed by atoms with van der Waals surface area (Å²) in [6, 6.07) is 6.38. The van der Waals surface area contributed by atoms with E-state index in [2.05, 4.69) is 38.2 Å². The summed E-state index contributed by atoms with van der Waals surface area (Å²) in [7, 11) is 1.71. The number of rotatable bonds is 8. The summed E-state index contributed by atoms with van der Waals surface area (Å²) in [5.41, 5.74) is 8.51. The van der Waals surface area contributed by atoms with E-state index < -0.39 is 0 Å². The van der Waals surface area contributed by atoms with Crippen LogP contribution in [0, 0.1) is 12.3 Å². The van der Waals surface area contributed by atoms with Crippen LogP contribution < -0.4 is 15.8 Å². The number of methoxy groups -OCH3 is 1. The molecular weight excluding hydrogens is 236 g/mol. The molecule has 19 heavy (non-hydrogen) atoms. The molecule has 0 aromatic heterocycles. The van der Waals surface area contributed by atoms with Crippen molar-refractivity contribution in [1.29, 1.82) is 0 Å². The van der Waals surface area contributed by atoms with Gasteiger partial charge in [0, 0.05) is 0 Å². The highest BCUT2D eigenvalue weighted by molar-refractivity contribution is 5.36. The SMILES string of the molecule is COc1ccc(CCNCCC(C)(C)CN)cc1C. The van der Waals surface area contributed by atoms with Crippen LogP contribution in [-0.4, -0.2) is 26.7 Å². The van der Waals surface area contributed by atoms with Gasteiger partial charge in [0.15, 0.2) is 0 Å². The van der Waals surface area contributed by atoms with E-state index in [9.17, 15) is 0 Å². The minimum Gasteiger partial charge on any atom is -0.496 e. The molecule has 0 heterocycles. The summed E-state index contributed by atoms with van der Waals surface area (Å²) < 4.78 is 5.27. The van der Waals surface area contributed by atoms with Crippen LogP contribution in [-0.2, 0) is 6.42 Å². The molecule has 0 amide bonds. The van der Waals surface area contributed by atoms with Crippen molar-refractivity contribution in [1.82, 2.24) is 5.32 Å². The predicted octanol–water partition coefficient (Wildman–Crippen LogP) is 2.51. The molecule has 3 nitrogen and oxygen atoms in total. The van der Waals surface area contributed by atoms with Crippen LogP contribution in [0.15, 0.2) is 18.2 Å². The molecule has 0 unspecified atom stereocenters. The molecule has 1 aromatic rings. The molecule has 1 rings (SSSR count). The van der Waals surface area contributed by atoms with Crippen LogP contribution in [0.5, 0.6) is 5.75 Å².